The van der Waals surface area contributed by atoms with Gasteiger partial charge in [0, 0.05) is 19.3 Å². The maximum atomic E-state index is 12.1. The van der Waals surface area contributed by atoms with Gasteiger partial charge in [-0.05, 0) is 45.7 Å². The number of hydrogen-bond acceptors (Lipinski definition) is 3. The monoisotopic (exact) mass is 286 g/mol. The number of rotatable bonds is 4. The van der Waals surface area contributed by atoms with E-state index in [2.05, 4.69) is 15.7 Å². The van der Waals surface area contributed by atoms with Crippen molar-refractivity contribution in [2.75, 3.05) is 19.6 Å². The van der Waals surface area contributed by atoms with Crippen LogP contribution in [0, 0.1) is 19.8 Å². The van der Waals surface area contributed by atoms with Gasteiger partial charge < -0.3 is 10.6 Å². The van der Waals surface area contributed by atoms with Gasteiger partial charge >= 0.3 is 0 Å². The Morgan fingerprint density at radius 2 is 2.26 bits per heavy atom. The molecule has 2 rings (SSSR count). The number of carbonyl (C=O) groups is 1. The Kier molecular flexibility index (Phi) is 5.82. The number of aromatic nitrogens is 2. The van der Waals surface area contributed by atoms with Gasteiger partial charge in [0.2, 0.25) is 0 Å². The van der Waals surface area contributed by atoms with Crippen molar-refractivity contribution in [1.29, 1.82) is 0 Å². The molecule has 0 saturated carbocycles. The minimum Gasteiger partial charge on any atom is -0.352 e. The van der Waals surface area contributed by atoms with E-state index in [0.717, 1.165) is 43.0 Å². The predicted molar refractivity (Wildman–Crippen MR) is 77.9 cm³/mol. The first-order chi connectivity index (χ1) is 8.59. The van der Waals surface area contributed by atoms with Crippen LogP contribution in [0.2, 0.25) is 0 Å². The Morgan fingerprint density at radius 3 is 2.79 bits per heavy atom. The highest BCUT2D eigenvalue weighted by Gasteiger charge is 2.18. The van der Waals surface area contributed by atoms with Gasteiger partial charge in [-0.3, -0.25) is 9.48 Å². The van der Waals surface area contributed by atoms with E-state index < -0.39 is 0 Å². The normalized spacial score (nSPS) is 18.2. The molecule has 1 aliphatic rings. The van der Waals surface area contributed by atoms with Crippen molar-refractivity contribution in [2.45, 2.75) is 26.7 Å². The smallest absolute Gasteiger partial charge is 0.255 e. The second-order valence-corrected chi connectivity index (χ2v) is 5.07. The highest BCUT2D eigenvalue weighted by molar-refractivity contribution is 5.96. The first kappa shape index (κ1) is 16.0. The topological polar surface area (TPSA) is 59.0 Å². The summed E-state index contributed by atoms with van der Waals surface area (Å²) in [7, 11) is 1.86. The van der Waals surface area contributed by atoms with Crippen molar-refractivity contribution in [1.82, 2.24) is 20.4 Å². The van der Waals surface area contributed by atoms with Gasteiger partial charge in [0.05, 0.1) is 11.3 Å². The molecule has 2 heterocycles. The summed E-state index contributed by atoms with van der Waals surface area (Å²) < 4.78 is 1.76. The van der Waals surface area contributed by atoms with Gasteiger partial charge in [-0.1, -0.05) is 0 Å². The number of hydrogen-bond donors (Lipinski definition) is 2. The Hall–Kier alpha value is -1.07. The molecule has 6 heteroatoms. The molecule has 1 atom stereocenters. The Labute approximate surface area is 120 Å². The van der Waals surface area contributed by atoms with Gasteiger partial charge in [0.1, 0.15) is 0 Å². The van der Waals surface area contributed by atoms with E-state index in [1.807, 2.05) is 20.9 Å². The Morgan fingerprint density at radius 1 is 1.53 bits per heavy atom. The van der Waals surface area contributed by atoms with Crippen LogP contribution in [-0.4, -0.2) is 35.3 Å². The molecule has 0 spiro atoms. The fourth-order valence-electron chi connectivity index (χ4n) is 2.54. The van der Waals surface area contributed by atoms with E-state index in [1.165, 1.54) is 6.42 Å². The lowest BCUT2D eigenvalue weighted by Gasteiger charge is -2.09. The first-order valence-corrected chi connectivity index (χ1v) is 6.58. The molecular weight excluding hydrogens is 264 g/mol. The van der Waals surface area contributed by atoms with Crippen LogP contribution in [0.25, 0.3) is 0 Å². The summed E-state index contributed by atoms with van der Waals surface area (Å²) in [5.74, 6) is 0.713. The predicted octanol–water partition coefficient (Wildman–Crippen LogP) is 1.19. The minimum absolute atomic E-state index is 0. The van der Waals surface area contributed by atoms with Crippen molar-refractivity contribution < 1.29 is 4.79 Å². The summed E-state index contributed by atoms with van der Waals surface area (Å²) in [6.07, 6.45) is 2.28. The summed E-state index contributed by atoms with van der Waals surface area (Å²) >= 11 is 0. The van der Waals surface area contributed by atoms with Crippen molar-refractivity contribution in [3.63, 3.8) is 0 Å². The third-order valence-electron chi connectivity index (χ3n) is 3.74. The highest BCUT2D eigenvalue weighted by Crippen LogP contribution is 2.13. The van der Waals surface area contributed by atoms with Crippen LogP contribution in [0.4, 0.5) is 0 Å². The molecule has 2 N–H and O–H groups in total. The fraction of sp³-hybridized carbons (Fsp3) is 0.692. The number of nitrogens with zero attached hydrogens (tertiary/aromatic N) is 2. The SMILES string of the molecule is Cc1nn(C)c(C)c1C(=O)NCCC1CCNC1.Cl. The molecule has 1 aromatic heterocycles. The fourth-order valence-corrected chi connectivity index (χ4v) is 2.54. The van der Waals surface area contributed by atoms with Gasteiger partial charge in [-0.25, -0.2) is 0 Å². The Bertz CT molecular complexity index is 438. The van der Waals surface area contributed by atoms with E-state index >= 15 is 0 Å². The average Bonchev–Trinajstić information content (AvgIpc) is 2.89. The lowest BCUT2D eigenvalue weighted by atomic mass is 10.1. The minimum atomic E-state index is 0. The molecule has 1 unspecified atom stereocenters. The third-order valence-corrected chi connectivity index (χ3v) is 3.74. The van der Waals surface area contributed by atoms with Crippen LogP contribution in [0.1, 0.15) is 34.6 Å². The van der Waals surface area contributed by atoms with Crippen molar-refractivity contribution >= 4 is 18.3 Å². The van der Waals surface area contributed by atoms with Crippen molar-refractivity contribution in [3.05, 3.63) is 17.0 Å². The summed E-state index contributed by atoms with van der Waals surface area (Å²) in [5.41, 5.74) is 2.45. The Balaban J connectivity index is 0.00000180. The van der Waals surface area contributed by atoms with Crippen LogP contribution < -0.4 is 10.6 Å². The largest absolute Gasteiger partial charge is 0.352 e. The molecule has 1 fully saturated rings. The molecule has 0 radical (unpaired) electrons. The van der Waals surface area contributed by atoms with Crippen LogP contribution in [0.5, 0.6) is 0 Å². The number of carbonyl (C=O) groups excluding carboxylic acids is 1. The quantitative estimate of drug-likeness (QED) is 0.874. The van der Waals surface area contributed by atoms with Gasteiger partial charge in [0.15, 0.2) is 0 Å². The average molecular weight is 287 g/mol. The molecule has 0 bridgehead atoms. The molecule has 108 valence electrons. The molecule has 0 aliphatic carbocycles. The van der Waals surface area contributed by atoms with Gasteiger partial charge in [-0.2, -0.15) is 5.10 Å². The van der Waals surface area contributed by atoms with E-state index in [4.69, 9.17) is 0 Å². The summed E-state index contributed by atoms with van der Waals surface area (Å²) in [4.78, 5) is 12.1. The third kappa shape index (κ3) is 3.70. The molecule has 1 aromatic rings. The van der Waals surface area contributed by atoms with E-state index in [1.54, 1.807) is 4.68 Å². The second-order valence-electron chi connectivity index (χ2n) is 5.07. The van der Waals surface area contributed by atoms with Crippen LogP contribution >= 0.6 is 12.4 Å². The summed E-state index contributed by atoms with van der Waals surface area (Å²) in [6.45, 7) is 6.75. The number of amides is 1. The zero-order valence-corrected chi connectivity index (χ0v) is 12.6. The lowest BCUT2D eigenvalue weighted by Crippen LogP contribution is -2.27. The van der Waals surface area contributed by atoms with Crippen molar-refractivity contribution in [3.8, 4) is 0 Å². The van der Waals surface area contributed by atoms with Crippen LogP contribution in [0.15, 0.2) is 0 Å². The second kappa shape index (κ2) is 6.91. The van der Waals surface area contributed by atoms with E-state index in [9.17, 15) is 4.79 Å². The summed E-state index contributed by atoms with van der Waals surface area (Å²) in [5, 5.41) is 10.6. The number of halogens is 1. The number of nitrogens with one attached hydrogen (secondary N) is 2. The van der Waals surface area contributed by atoms with Crippen molar-refractivity contribution in [2.24, 2.45) is 13.0 Å². The zero-order chi connectivity index (χ0) is 13.1. The molecule has 1 aliphatic heterocycles. The molecule has 5 nitrogen and oxygen atoms in total. The lowest BCUT2D eigenvalue weighted by molar-refractivity contribution is 0.0950. The highest BCUT2D eigenvalue weighted by atomic mass is 35.5. The molecule has 19 heavy (non-hydrogen) atoms. The standard InChI is InChI=1S/C13H22N4O.ClH/c1-9-12(10(2)17(3)16-9)13(18)15-7-5-11-4-6-14-8-11;/h11,14H,4-8H2,1-3H3,(H,15,18);1H. The molecular formula is C13H23ClN4O. The first-order valence-electron chi connectivity index (χ1n) is 6.58. The maximum Gasteiger partial charge on any atom is 0.255 e. The van der Waals surface area contributed by atoms with Crippen LogP contribution in [0.3, 0.4) is 0 Å². The van der Waals surface area contributed by atoms with E-state index in [-0.39, 0.29) is 18.3 Å². The van der Waals surface area contributed by atoms with E-state index in [0.29, 0.717) is 5.92 Å². The zero-order valence-electron chi connectivity index (χ0n) is 11.8. The molecule has 1 amide bonds. The molecule has 1 saturated heterocycles. The van der Waals surface area contributed by atoms with Gasteiger partial charge in [-0.15, -0.1) is 12.4 Å². The van der Waals surface area contributed by atoms with Crippen LogP contribution in [-0.2, 0) is 7.05 Å². The number of aryl methyl sites for hydroxylation is 2. The molecule has 0 aromatic carbocycles. The summed E-state index contributed by atoms with van der Waals surface area (Å²) in [6, 6.07) is 0. The van der Waals surface area contributed by atoms with Gasteiger partial charge in [0.25, 0.3) is 5.91 Å². The maximum absolute atomic E-state index is 12.1.